The molecule has 0 aliphatic rings. The van der Waals surface area contributed by atoms with Gasteiger partial charge in [-0.3, -0.25) is 9.78 Å². The van der Waals surface area contributed by atoms with Gasteiger partial charge < -0.3 is 0 Å². The molecule has 0 fully saturated rings. The monoisotopic (exact) mass is 279 g/mol. The van der Waals surface area contributed by atoms with Gasteiger partial charge in [-0.1, -0.05) is 29.5 Å². The van der Waals surface area contributed by atoms with E-state index in [0.717, 1.165) is 21.6 Å². The summed E-state index contributed by atoms with van der Waals surface area (Å²) in [4.78, 5) is 21.8. The van der Waals surface area contributed by atoms with Crippen LogP contribution in [0.2, 0.25) is 0 Å². The Bertz CT molecular complexity index is 1020. The molecule has 0 unspecified atom stereocenters. The molecule has 0 aliphatic carbocycles. The molecule has 96 valence electrons. The van der Waals surface area contributed by atoms with E-state index in [2.05, 4.69) is 9.97 Å². The summed E-state index contributed by atoms with van der Waals surface area (Å²) >= 11 is 1.40. The number of hydrogen-bond acceptors (Lipinski definition) is 4. The zero-order valence-electron chi connectivity index (χ0n) is 10.4. The van der Waals surface area contributed by atoms with Crippen LogP contribution in [-0.2, 0) is 0 Å². The minimum absolute atomic E-state index is 0.0254. The van der Waals surface area contributed by atoms with Crippen LogP contribution in [-0.4, -0.2) is 14.4 Å². The molecule has 0 amide bonds. The highest BCUT2D eigenvalue weighted by molar-refractivity contribution is 7.15. The predicted octanol–water partition coefficient (Wildman–Crippen LogP) is 1.85. The Kier molecular flexibility index (Phi) is 2.40. The Labute approximate surface area is 117 Å². The lowest BCUT2D eigenvalue weighted by Crippen LogP contribution is -2.22. The second-order valence-corrected chi connectivity index (χ2v) is 5.43. The van der Waals surface area contributed by atoms with Crippen molar-refractivity contribution in [1.82, 2.24) is 14.4 Å². The first-order valence-corrected chi connectivity index (χ1v) is 6.96. The molecule has 4 aromatic rings. The lowest BCUT2D eigenvalue weighted by atomic mass is 10.3. The molecule has 4 rings (SSSR count). The van der Waals surface area contributed by atoms with Crippen LogP contribution >= 0.6 is 11.3 Å². The summed E-state index contributed by atoms with van der Waals surface area (Å²) in [5.74, 6) is 0. The van der Waals surface area contributed by atoms with Gasteiger partial charge in [0.05, 0.1) is 15.6 Å². The normalized spacial score (nSPS) is 12.5. The molecule has 4 nitrogen and oxygen atoms in total. The highest BCUT2D eigenvalue weighted by Gasteiger charge is 2.10. The zero-order chi connectivity index (χ0) is 13.5. The van der Waals surface area contributed by atoms with Gasteiger partial charge in [0.15, 0.2) is 4.96 Å². The number of thiazole rings is 1. The van der Waals surface area contributed by atoms with E-state index in [1.165, 1.54) is 11.3 Å². The molecule has 0 N–H and O–H groups in total. The maximum absolute atomic E-state index is 12.5. The van der Waals surface area contributed by atoms with Crippen LogP contribution in [0.15, 0.2) is 53.6 Å². The van der Waals surface area contributed by atoms with E-state index in [9.17, 15) is 4.79 Å². The molecule has 0 atom stereocenters. The van der Waals surface area contributed by atoms with Gasteiger partial charge in [-0.2, -0.15) is 0 Å². The SMILES string of the molecule is O=c1/c(=C/c2cccnc2)sc2nc3ccccc3n12. The third-order valence-electron chi connectivity index (χ3n) is 3.13. The number of pyridine rings is 1. The van der Waals surface area contributed by atoms with Crippen LogP contribution in [0.1, 0.15) is 5.56 Å². The van der Waals surface area contributed by atoms with Crippen molar-refractivity contribution in [3.63, 3.8) is 0 Å². The highest BCUT2D eigenvalue weighted by atomic mass is 32.1. The summed E-state index contributed by atoms with van der Waals surface area (Å²) in [6.07, 6.45) is 5.30. The van der Waals surface area contributed by atoms with E-state index in [1.807, 2.05) is 42.5 Å². The van der Waals surface area contributed by atoms with Gasteiger partial charge in [0.1, 0.15) is 0 Å². The molecule has 0 bridgehead atoms. The molecule has 3 aromatic heterocycles. The van der Waals surface area contributed by atoms with Crippen LogP contribution < -0.4 is 10.1 Å². The second-order valence-electron chi connectivity index (χ2n) is 4.42. The van der Waals surface area contributed by atoms with Crippen molar-refractivity contribution in [3.8, 4) is 0 Å². The van der Waals surface area contributed by atoms with Gasteiger partial charge in [-0.05, 0) is 29.8 Å². The number of nitrogens with zero attached hydrogens (tertiary/aromatic N) is 3. The molecule has 1 aromatic carbocycles. The van der Waals surface area contributed by atoms with Crippen LogP contribution in [0, 0.1) is 0 Å². The van der Waals surface area contributed by atoms with E-state index in [-0.39, 0.29) is 5.56 Å². The van der Waals surface area contributed by atoms with Crippen molar-refractivity contribution in [3.05, 3.63) is 69.2 Å². The van der Waals surface area contributed by atoms with Crippen LogP contribution in [0.25, 0.3) is 22.1 Å². The summed E-state index contributed by atoms with van der Waals surface area (Å²) in [5.41, 5.74) is 2.60. The molecule has 3 heterocycles. The van der Waals surface area contributed by atoms with E-state index in [1.54, 1.807) is 16.8 Å². The maximum atomic E-state index is 12.5. The molecule has 0 saturated carbocycles. The summed E-state index contributed by atoms with van der Waals surface area (Å²) in [6, 6.07) is 11.4. The van der Waals surface area contributed by atoms with Crippen molar-refractivity contribution >= 4 is 33.4 Å². The van der Waals surface area contributed by atoms with Crippen molar-refractivity contribution in [2.45, 2.75) is 0 Å². The quantitative estimate of drug-likeness (QED) is 0.534. The van der Waals surface area contributed by atoms with Crippen LogP contribution in [0.3, 0.4) is 0 Å². The Morgan fingerprint density at radius 2 is 2.05 bits per heavy atom. The largest absolute Gasteiger partial charge is 0.274 e. The van der Waals surface area contributed by atoms with Crippen LogP contribution in [0.4, 0.5) is 0 Å². The van der Waals surface area contributed by atoms with Gasteiger partial charge in [0.25, 0.3) is 5.56 Å². The number of benzene rings is 1. The van der Waals surface area contributed by atoms with E-state index in [4.69, 9.17) is 0 Å². The third kappa shape index (κ3) is 1.64. The topological polar surface area (TPSA) is 47.3 Å². The van der Waals surface area contributed by atoms with Gasteiger partial charge in [-0.25, -0.2) is 9.38 Å². The molecule has 0 spiro atoms. The van der Waals surface area contributed by atoms with Crippen molar-refractivity contribution in [2.24, 2.45) is 0 Å². The first-order valence-electron chi connectivity index (χ1n) is 6.15. The zero-order valence-corrected chi connectivity index (χ0v) is 11.2. The fourth-order valence-electron chi connectivity index (χ4n) is 2.22. The summed E-state index contributed by atoms with van der Waals surface area (Å²) < 4.78 is 2.34. The number of rotatable bonds is 1. The number of aromatic nitrogens is 3. The summed E-state index contributed by atoms with van der Waals surface area (Å²) in [7, 11) is 0. The van der Waals surface area contributed by atoms with Gasteiger partial charge >= 0.3 is 0 Å². The molecular weight excluding hydrogens is 270 g/mol. The summed E-state index contributed by atoms with van der Waals surface area (Å²) in [5, 5.41) is 0. The van der Waals surface area contributed by atoms with Crippen molar-refractivity contribution in [2.75, 3.05) is 0 Å². The number of imidazole rings is 1. The Balaban J connectivity index is 2.06. The molecule has 0 radical (unpaired) electrons. The van der Waals surface area contributed by atoms with Crippen molar-refractivity contribution < 1.29 is 0 Å². The average molecular weight is 279 g/mol. The van der Waals surface area contributed by atoms with E-state index in [0.29, 0.717) is 4.53 Å². The second kappa shape index (κ2) is 4.25. The Hall–Kier alpha value is -2.53. The third-order valence-corrected chi connectivity index (χ3v) is 4.10. The molecule has 5 heteroatoms. The minimum Gasteiger partial charge on any atom is -0.267 e. The molecule has 0 aliphatic heterocycles. The predicted molar refractivity (Wildman–Crippen MR) is 79.9 cm³/mol. The maximum Gasteiger partial charge on any atom is 0.274 e. The van der Waals surface area contributed by atoms with Crippen molar-refractivity contribution in [1.29, 1.82) is 0 Å². The van der Waals surface area contributed by atoms with Gasteiger partial charge in [-0.15, -0.1) is 0 Å². The fraction of sp³-hybridized carbons (Fsp3) is 0. The smallest absolute Gasteiger partial charge is 0.267 e. The standard InChI is InChI=1S/C15H9N3OS/c19-14-13(8-10-4-3-7-16-9-10)20-15-17-11-5-1-2-6-12(11)18(14)15/h1-9H/b13-8-. The minimum atomic E-state index is -0.0254. The van der Waals surface area contributed by atoms with E-state index < -0.39 is 0 Å². The highest BCUT2D eigenvalue weighted by Crippen LogP contribution is 2.15. The number of para-hydroxylation sites is 2. The van der Waals surface area contributed by atoms with Crippen LogP contribution in [0.5, 0.6) is 0 Å². The van der Waals surface area contributed by atoms with E-state index >= 15 is 0 Å². The fourth-order valence-corrected chi connectivity index (χ4v) is 3.21. The first-order chi connectivity index (χ1) is 9.83. The van der Waals surface area contributed by atoms with Gasteiger partial charge in [0.2, 0.25) is 0 Å². The molecule has 20 heavy (non-hydrogen) atoms. The number of hydrogen-bond donors (Lipinski definition) is 0. The average Bonchev–Trinajstić information content (AvgIpc) is 2.98. The number of fused-ring (bicyclic) bond motifs is 3. The Morgan fingerprint density at radius 1 is 1.15 bits per heavy atom. The van der Waals surface area contributed by atoms with Gasteiger partial charge in [0, 0.05) is 12.4 Å². The Morgan fingerprint density at radius 3 is 2.90 bits per heavy atom. The first kappa shape index (κ1) is 11.3. The lowest BCUT2D eigenvalue weighted by molar-refractivity contribution is 1.19. The summed E-state index contributed by atoms with van der Waals surface area (Å²) in [6.45, 7) is 0. The molecule has 0 saturated heterocycles. The molecular formula is C15H9N3OS. The lowest BCUT2D eigenvalue weighted by Gasteiger charge is -1.88.